The number of nitrogens with one attached hydrogen (secondary N) is 2. The van der Waals surface area contributed by atoms with Gasteiger partial charge in [-0.3, -0.25) is 19.7 Å². The molecule has 0 aliphatic rings. The Balaban J connectivity index is 1.42. The molecule has 0 saturated heterocycles. The molecule has 0 radical (unpaired) electrons. The second kappa shape index (κ2) is 9.69. The van der Waals surface area contributed by atoms with Gasteiger partial charge in [-0.05, 0) is 42.5 Å². The summed E-state index contributed by atoms with van der Waals surface area (Å²) in [6.07, 6.45) is 1.32. The van der Waals surface area contributed by atoms with Gasteiger partial charge in [-0.1, -0.05) is 23.7 Å². The number of amides is 2. The first kappa shape index (κ1) is 22.9. The molecule has 0 spiro atoms. The van der Waals surface area contributed by atoms with Crippen molar-refractivity contribution < 1.29 is 19.6 Å². The fourth-order valence-electron chi connectivity index (χ4n) is 3.03. The van der Waals surface area contributed by atoms with Gasteiger partial charge >= 0.3 is 0 Å². The van der Waals surface area contributed by atoms with Crippen LogP contribution < -0.4 is 10.7 Å². The molecule has 9 nitrogen and oxygen atoms in total. The van der Waals surface area contributed by atoms with E-state index in [9.17, 15) is 24.8 Å². The molecule has 0 saturated carbocycles. The van der Waals surface area contributed by atoms with Crippen LogP contribution in [0.1, 0.15) is 25.6 Å². The van der Waals surface area contributed by atoms with E-state index in [1.807, 2.05) is 0 Å². The molecule has 11 heteroatoms. The van der Waals surface area contributed by atoms with Crippen LogP contribution in [0.3, 0.4) is 0 Å². The van der Waals surface area contributed by atoms with Crippen molar-refractivity contribution in [1.82, 2.24) is 5.43 Å². The molecule has 0 aliphatic carbocycles. The average molecular weight is 495 g/mol. The molecule has 1 aromatic heterocycles. The van der Waals surface area contributed by atoms with Crippen LogP contribution in [0.4, 0.5) is 11.4 Å². The standard InChI is InChI=1S/C23H15ClN4O5S/c24-20-17-10-9-16(28(32)33)11-19(17)34-21(20)23(31)26-15-7-5-13(6-8-15)22(30)27-25-12-14-3-1-2-4-18(14)29/h1-12,29H,(H,26,31)(H,27,30)/b25-12-. The number of aromatic hydroxyl groups is 1. The number of non-ortho nitro benzene ring substituents is 1. The second-order valence-electron chi connectivity index (χ2n) is 6.97. The Morgan fingerprint density at radius 1 is 1.06 bits per heavy atom. The summed E-state index contributed by atoms with van der Waals surface area (Å²) in [7, 11) is 0. The van der Waals surface area contributed by atoms with E-state index in [-0.39, 0.29) is 21.3 Å². The van der Waals surface area contributed by atoms with Crippen molar-refractivity contribution in [3.05, 3.63) is 97.9 Å². The van der Waals surface area contributed by atoms with Crippen molar-refractivity contribution >= 4 is 62.4 Å². The maximum Gasteiger partial charge on any atom is 0.271 e. The number of phenols is 1. The molecule has 0 unspecified atom stereocenters. The molecule has 2 amide bonds. The molecular weight excluding hydrogens is 480 g/mol. The zero-order chi connectivity index (χ0) is 24.2. The quantitative estimate of drug-likeness (QED) is 0.193. The summed E-state index contributed by atoms with van der Waals surface area (Å²) in [4.78, 5) is 35.6. The molecule has 0 aliphatic heterocycles. The summed E-state index contributed by atoms with van der Waals surface area (Å²) >= 11 is 7.37. The van der Waals surface area contributed by atoms with E-state index in [1.165, 1.54) is 42.6 Å². The van der Waals surface area contributed by atoms with Gasteiger partial charge in [0, 0.05) is 39.0 Å². The van der Waals surface area contributed by atoms with Crippen molar-refractivity contribution in [2.24, 2.45) is 5.10 Å². The number of hydrogen-bond donors (Lipinski definition) is 3. The molecule has 0 atom stereocenters. The van der Waals surface area contributed by atoms with Gasteiger partial charge in [0.1, 0.15) is 10.6 Å². The molecule has 34 heavy (non-hydrogen) atoms. The number of benzene rings is 3. The SMILES string of the molecule is O=C(N/N=C\c1ccccc1O)c1ccc(NC(=O)c2sc3cc([N+](=O)[O-])ccc3c2Cl)cc1. The third-order valence-electron chi connectivity index (χ3n) is 4.74. The zero-order valence-electron chi connectivity index (χ0n) is 17.2. The minimum Gasteiger partial charge on any atom is -0.507 e. The minimum atomic E-state index is -0.513. The van der Waals surface area contributed by atoms with Crippen molar-refractivity contribution in [1.29, 1.82) is 0 Å². The van der Waals surface area contributed by atoms with Gasteiger partial charge in [0.2, 0.25) is 0 Å². The first-order valence-electron chi connectivity index (χ1n) is 9.73. The molecule has 0 fully saturated rings. The first-order chi connectivity index (χ1) is 16.3. The van der Waals surface area contributed by atoms with Gasteiger partial charge < -0.3 is 10.4 Å². The van der Waals surface area contributed by atoms with E-state index in [0.717, 1.165) is 11.3 Å². The topological polar surface area (TPSA) is 134 Å². The highest BCUT2D eigenvalue weighted by Gasteiger charge is 2.19. The van der Waals surface area contributed by atoms with Crippen molar-refractivity contribution in [3.63, 3.8) is 0 Å². The number of nitrogens with zero attached hydrogens (tertiary/aromatic N) is 2. The third kappa shape index (κ3) is 4.87. The van der Waals surface area contributed by atoms with Crippen LogP contribution in [-0.2, 0) is 0 Å². The molecule has 3 N–H and O–H groups in total. The fourth-order valence-corrected chi connectivity index (χ4v) is 4.47. The third-order valence-corrected chi connectivity index (χ3v) is 6.40. The Kier molecular flexibility index (Phi) is 6.53. The fraction of sp³-hybridized carbons (Fsp3) is 0. The number of hydrazone groups is 1. The van der Waals surface area contributed by atoms with Crippen LogP contribution >= 0.6 is 22.9 Å². The lowest BCUT2D eigenvalue weighted by molar-refractivity contribution is -0.384. The Bertz CT molecular complexity index is 1450. The van der Waals surface area contributed by atoms with E-state index in [0.29, 0.717) is 26.9 Å². The number of hydrogen-bond acceptors (Lipinski definition) is 7. The largest absolute Gasteiger partial charge is 0.507 e. The smallest absolute Gasteiger partial charge is 0.271 e. The highest BCUT2D eigenvalue weighted by molar-refractivity contribution is 7.21. The van der Waals surface area contributed by atoms with Crippen LogP contribution in [0.15, 0.2) is 71.8 Å². The van der Waals surface area contributed by atoms with Gasteiger partial charge in [0.05, 0.1) is 16.2 Å². The summed E-state index contributed by atoms with van der Waals surface area (Å²) in [5, 5.41) is 28.0. The molecule has 1 heterocycles. The van der Waals surface area contributed by atoms with Crippen LogP contribution in [-0.4, -0.2) is 28.1 Å². The van der Waals surface area contributed by atoms with Crippen LogP contribution in [0.5, 0.6) is 5.75 Å². The normalized spacial score (nSPS) is 11.0. The summed E-state index contributed by atoms with van der Waals surface area (Å²) in [6, 6.07) is 16.9. The van der Waals surface area contributed by atoms with E-state index >= 15 is 0 Å². The van der Waals surface area contributed by atoms with Gasteiger partial charge in [0.15, 0.2) is 0 Å². The maximum atomic E-state index is 12.7. The van der Waals surface area contributed by atoms with Crippen LogP contribution in [0.25, 0.3) is 10.1 Å². The number of phenolic OH excluding ortho intramolecular Hbond substituents is 1. The number of fused-ring (bicyclic) bond motifs is 1. The lowest BCUT2D eigenvalue weighted by Gasteiger charge is -2.05. The Morgan fingerprint density at radius 3 is 2.50 bits per heavy atom. The highest BCUT2D eigenvalue weighted by Crippen LogP contribution is 2.37. The van der Waals surface area contributed by atoms with Crippen molar-refractivity contribution in [2.45, 2.75) is 0 Å². The maximum absolute atomic E-state index is 12.7. The molecule has 3 aromatic carbocycles. The first-order valence-corrected chi connectivity index (χ1v) is 10.9. The summed E-state index contributed by atoms with van der Waals surface area (Å²) in [6.45, 7) is 0. The second-order valence-corrected chi connectivity index (χ2v) is 8.40. The van der Waals surface area contributed by atoms with Crippen molar-refractivity contribution in [3.8, 4) is 5.75 Å². The summed E-state index contributed by atoms with van der Waals surface area (Å²) < 4.78 is 0.528. The molecule has 4 rings (SSSR count). The van der Waals surface area contributed by atoms with Gasteiger partial charge in [-0.25, -0.2) is 5.43 Å². The summed E-state index contributed by atoms with van der Waals surface area (Å²) in [5.74, 6) is -0.908. The number of thiophene rings is 1. The lowest BCUT2D eigenvalue weighted by Crippen LogP contribution is -2.17. The number of carbonyl (C=O) groups excluding carboxylic acids is 2. The zero-order valence-corrected chi connectivity index (χ0v) is 18.8. The molecule has 0 bridgehead atoms. The molecule has 4 aromatic rings. The Labute approximate surface area is 201 Å². The number of para-hydroxylation sites is 1. The number of nitro groups is 1. The number of nitro benzene ring substituents is 1. The van der Waals surface area contributed by atoms with Crippen molar-refractivity contribution in [2.75, 3.05) is 5.32 Å². The average Bonchev–Trinajstić information content (AvgIpc) is 3.16. The van der Waals surface area contributed by atoms with Gasteiger partial charge in [-0.15, -0.1) is 11.3 Å². The number of anilines is 1. The Morgan fingerprint density at radius 2 is 1.79 bits per heavy atom. The number of rotatable bonds is 6. The van der Waals surface area contributed by atoms with Gasteiger partial charge in [0.25, 0.3) is 17.5 Å². The predicted molar refractivity (Wildman–Crippen MR) is 131 cm³/mol. The molecule has 170 valence electrons. The van der Waals surface area contributed by atoms with Gasteiger partial charge in [-0.2, -0.15) is 5.10 Å². The Hall–Kier alpha value is -4.28. The van der Waals surface area contributed by atoms with E-state index in [2.05, 4.69) is 15.8 Å². The number of halogens is 1. The predicted octanol–water partition coefficient (Wildman–Crippen LogP) is 5.18. The summed E-state index contributed by atoms with van der Waals surface area (Å²) in [5.41, 5.74) is 3.47. The van der Waals surface area contributed by atoms with Crippen LogP contribution in [0.2, 0.25) is 5.02 Å². The van der Waals surface area contributed by atoms with E-state index in [4.69, 9.17) is 11.6 Å². The monoisotopic (exact) mass is 494 g/mol. The van der Waals surface area contributed by atoms with Crippen LogP contribution in [0, 0.1) is 10.1 Å². The molecular formula is C23H15ClN4O5S. The van der Waals surface area contributed by atoms with E-state index in [1.54, 1.807) is 30.3 Å². The minimum absolute atomic E-state index is 0.0394. The van der Waals surface area contributed by atoms with E-state index < -0.39 is 16.7 Å². The lowest BCUT2D eigenvalue weighted by atomic mass is 10.2. The highest BCUT2D eigenvalue weighted by atomic mass is 35.5. The number of carbonyl (C=O) groups is 2.